The summed E-state index contributed by atoms with van der Waals surface area (Å²) in [6, 6.07) is 0. The van der Waals surface area contributed by atoms with Gasteiger partial charge in [0.25, 0.3) is 0 Å². The summed E-state index contributed by atoms with van der Waals surface area (Å²) in [6.07, 6.45) is 3.63. The number of ether oxygens (including phenoxy) is 2. The largest absolute Gasteiger partial charge is 0.481 e. The van der Waals surface area contributed by atoms with E-state index in [-0.39, 0.29) is 24.2 Å². The molecule has 0 aliphatic carbocycles. The Bertz CT molecular complexity index is 865. The summed E-state index contributed by atoms with van der Waals surface area (Å²) in [5.41, 5.74) is 6.76. The fourth-order valence-corrected chi connectivity index (χ4v) is 5.72. The first-order chi connectivity index (χ1) is 13.0. The van der Waals surface area contributed by atoms with Crippen LogP contribution in [0.5, 0.6) is 0 Å². The number of imidazole rings is 1. The number of carbonyl (C=O) groups is 1. The summed E-state index contributed by atoms with van der Waals surface area (Å²) in [5, 5.41) is 8.52. The predicted octanol–water partition coefficient (Wildman–Crippen LogP) is 1.92. The Labute approximate surface area is 165 Å². The third kappa shape index (κ3) is 3.89. The lowest BCUT2D eigenvalue weighted by atomic mass is 10.1. The SMILES string of the molecule is C[SiH](C)[C@]1(n2cnc3c(N)ncnc32)C[C@H](OC(C)(C)C)[C@@H](CCC(=O)O)O1. The van der Waals surface area contributed by atoms with Crippen LogP contribution in [0.15, 0.2) is 12.7 Å². The van der Waals surface area contributed by atoms with Crippen molar-refractivity contribution < 1.29 is 19.4 Å². The minimum Gasteiger partial charge on any atom is -0.481 e. The van der Waals surface area contributed by atoms with Crippen molar-refractivity contribution >= 4 is 31.7 Å². The van der Waals surface area contributed by atoms with Crippen molar-refractivity contribution in [2.75, 3.05) is 5.73 Å². The van der Waals surface area contributed by atoms with Gasteiger partial charge in [-0.15, -0.1) is 0 Å². The summed E-state index contributed by atoms with van der Waals surface area (Å²) >= 11 is 0. The van der Waals surface area contributed by atoms with Gasteiger partial charge in [-0.2, -0.15) is 0 Å². The monoisotopic (exact) mass is 407 g/mol. The van der Waals surface area contributed by atoms with Gasteiger partial charge in [-0.05, 0) is 27.2 Å². The maximum absolute atomic E-state index is 11.2. The molecule has 3 heterocycles. The van der Waals surface area contributed by atoms with E-state index < -0.39 is 20.1 Å². The van der Waals surface area contributed by atoms with Crippen LogP contribution < -0.4 is 5.73 Å². The zero-order valence-electron chi connectivity index (χ0n) is 17.0. The summed E-state index contributed by atoms with van der Waals surface area (Å²) in [4.78, 5) is 24.0. The lowest BCUT2D eigenvalue weighted by molar-refractivity contribution is -0.139. The molecule has 0 unspecified atom stereocenters. The first-order valence-corrected chi connectivity index (χ1v) is 12.4. The molecule has 1 aliphatic rings. The second kappa shape index (κ2) is 7.41. The molecule has 10 heteroatoms. The molecule has 9 nitrogen and oxygen atoms in total. The molecule has 3 N–H and O–H groups in total. The van der Waals surface area contributed by atoms with Gasteiger partial charge in [-0.3, -0.25) is 9.36 Å². The number of aliphatic carboxylic acids is 1. The normalized spacial score (nSPS) is 25.6. The zero-order valence-corrected chi connectivity index (χ0v) is 18.2. The number of carboxylic acids is 1. The Kier molecular flexibility index (Phi) is 5.48. The lowest BCUT2D eigenvalue weighted by Gasteiger charge is -2.34. The van der Waals surface area contributed by atoms with E-state index in [4.69, 9.17) is 20.3 Å². The number of rotatable bonds is 6. The summed E-state index contributed by atoms with van der Waals surface area (Å²) in [5.74, 6) is -0.516. The van der Waals surface area contributed by atoms with Crippen molar-refractivity contribution in [3.63, 3.8) is 0 Å². The molecule has 0 amide bonds. The molecule has 3 atom stereocenters. The van der Waals surface area contributed by atoms with Crippen LogP contribution in [0.3, 0.4) is 0 Å². The average Bonchev–Trinajstić information content (AvgIpc) is 3.15. The summed E-state index contributed by atoms with van der Waals surface area (Å²) < 4.78 is 14.9. The highest BCUT2D eigenvalue weighted by Crippen LogP contribution is 2.43. The highest BCUT2D eigenvalue weighted by molar-refractivity contribution is 6.58. The first kappa shape index (κ1) is 20.7. The Morgan fingerprint density at radius 2 is 2.14 bits per heavy atom. The van der Waals surface area contributed by atoms with E-state index in [1.54, 1.807) is 6.33 Å². The van der Waals surface area contributed by atoms with Crippen LogP contribution >= 0.6 is 0 Å². The molecule has 1 aliphatic heterocycles. The van der Waals surface area contributed by atoms with Gasteiger partial charge in [-0.25, -0.2) is 15.0 Å². The first-order valence-electron chi connectivity index (χ1n) is 9.55. The van der Waals surface area contributed by atoms with E-state index >= 15 is 0 Å². The fourth-order valence-electron chi connectivity index (χ4n) is 3.82. The molecule has 3 rings (SSSR count). The summed E-state index contributed by atoms with van der Waals surface area (Å²) in [7, 11) is -1.50. The summed E-state index contributed by atoms with van der Waals surface area (Å²) in [6.45, 7) is 10.4. The number of hydrogen-bond acceptors (Lipinski definition) is 7. The van der Waals surface area contributed by atoms with Crippen molar-refractivity contribution in [2.45, 2.75) is 76.3 Å². The van der Waals surface area contributed by atoms with E-state index in [2.05, 4.69) is 28.0 Å². The number of carboxylic acid groups (broad SMARTS) is 1. The smallest absolute Gasteiger partial charge is 0.303 e. The van der Waals surface area contributed by atoms with Crippen molar-refractivity contribution in [1.82, 2.24) is 19.5 Å². The maximum Gasteiger partial charge on any atom is 0.303 e. The standard InChI is InChI=1S/C18H29N5O4Si/c1-17(2,3)26-12-8-18(28(4)5,27-11(12)6-7-13(24)25)23-10-22-14-15(19)20-9-21-16(14)23/h9-12,28H,6-8H2,1-5H3,(H,24,25)(H2,19,20,21)/t11-,12+,18+/m1/s1. The molecule has 1 saturated heterocycles. The number of fused-ring (bicyclic) bond motifs is 1. The molecule has 2 aromatic rings. The Balaban J connectivity index is 2.03. The maximum atomic E-state index is 11.2. The highest BCUT2D eigenvalue weighted by Gasteiger charge is 2.52. The number of anilines is 1. The van der Waals surface area contributed by atoms with Gasteiger partial charge >= 0.3 is 5.97 Å². The van der Waals surface area contributed by atoms with Crippen LogP contribution in [0.2, 0.25) is 13.1 Å². The third-order valence-corrected chi connectivity index (χ3v) is 7.54. The lowest BCUT2D eigenvalue weighted by Crippen LogP contribution is -2.45. The highest BCUT2D eigenvalue weighted by atomic mass is 28.3. The number of aromatic nitrogens is 4. The topological polar surface area (TPSA) is 125 Å². The minimum absolute atomic E-state index is 0.0319. The Morgan fingerprint density at radius 3 is 2.75 bits per heavy atom. The van der Waals surface area contributed by atoms with Crippen LogP contribution in [0, 0.1) is 0 Å². The molecule has 0 saturated carbocycles. The predicted molar refractivity (Wildman–Crippen MR) is 108 cm³/mol. The zero-order chi connectivity index (χ0) is 20.7. The van der Waals surface area contributed by atoms with E-state index in [9.17, 15) is 4.79 Å². The molecular formula is C18H29N5O4Si. The van der Waals surface area contributed by atoms with Crippen LogP contribution in [-0.2, 0) is 19.6 Å². The van der Waals surface area contributed by atoms with Crippen LogP contribution in [0.4, 0.5) is 5.82 Å². The van der Waals surface area contributed by atoms with Gasteiger partial charge in [0.2, 0.25) is 0 Å². The third-order valence-electron chi connectivity index (χ3n) is 5.08. The molecule has 28 heavy (non-hydrogen) atoms. The second-order valence-corrected chi connectivity index (χ2v) is 11.8. The molecule has 154 valence electrons. The van der Waals surface area contributed by atoms with Gasteiger partial charge in [-0.1, -0.05) is 13.1 Å². The van der Waals surface area contributed by atoms with Gasteiger partial charge in [0.15, 0.2) is 11.5 Å². The quantitative estimate of drug-likeness (QED) is 0.696. The van der Waals surface area contributed by atoms with Crippen LogP contribution in [0.1, 0.15) is 40.0 Å². The van der Waals surface area contributed by atoms with E-state index in [0.29, 0.717) is 29.8 Å². The van der Waals surface area contributed by atoms with Gasteiger partial charge in [0.05, 0.1) is 32.9 Å². The van der Waals surface area contributed by atoms with E-state index in [1.807, 2.05) is 25.3 Å². The number of nitrogen functional groups attached to an aromatic ring is 1. The molecule has 1 fully saturated rings. The Morgan fingerprint density at radius 1 is 1.43 bits per heavy atom. The number of nitrogens with zero attached hydrogens (tertiary/aromatic N) is 4. The number of nitrogens with two attached hydrogens (primary N) is 1. The minimum atomic E-state index is -1.50. The van der Waals surface area contributed by atoms with Crippen molar-refractivity contribution in [1.29, 1.82) is 0 Å². The van der Waals surface area contributed by atoms with Gasteiger partial charge < -0.3 is 20.3 Å². The molecule has 2 aromatic heterocycles. The number of hydrogen-bond donors (Lipinski definition) is 2. The van der Waals surface area contributed by atoms with Crippen LogP contribution in [0.25, 0.3) is 11.2 Å². The van der Waals surface area contributed by atoms with Crippen molar-refractivity contribution in [3.05, 3.63) is 12.7 Å². The van der Waals surface area contributed by atoms with Crippen LogP contribution in [-0.4, -0.2) is 57.2 Å². The molecule has 0 aromatic carbocycles. The van der Waals surface area contributed by atoms with Gasteiger partial charge in [0.1, 0.15) is 17.2 Å². The molecule has 0 bridgehead atoms. The van der Waals surface area contributed by atoms with Gasteiger partial charge in [0, 0.05) is 12.8 Å². The van der Waals surface area contributed by atoms with E-state index in [0.717, 1.165) is 0 Å². The molecule has 0 radical (unpaired) electrons. The Hall–Kier alpha value is -2.04. The van der Waals surface area contributed by atoms with E-state index in [1.165, 1.54) is 6.33 Å². The second-order valence-electron chi connectivity index (χ2n) is 8.61. The van der Waals surface area contributed by atoms with Crippen molar-refractivity contribution in [3.8, 4) is 0 Å². The fraction of sp³-hybridized carbons (Fsp3) is 0.667. The average molecular weight is 408 g/mol. The van der Waals surface area contributed by atoms with Crippen molar-refractivity contribution in [2.24, 2.45) is 0 Å². The molecule has 0 spiro atoms. The molecular weight excluding hydrogens is 378 g/mol.